The Labute approximate surface area is 208 Å². The van der Waals surface area contributed by atoms with Gasteiger partial charge in [0.05, 0.1) is 24.6 Å². The lowest BCUT2D eigenvalue weighted by Crippen LogP contribution is -2.29. The van der Waals surface area contributed by atoms with E-state index in [2.05, 4.69) is 16.0 Å². The molecule has 182 valence electrons. The van der Waals surface area contributed by atoms with Crippen LogP contribution in [0.3, 0.4) is 0 Å². The lowest BCUT2D eigenvalue weighted by Gasteiger charge is -2.21. The molecule has 2 N–H and O–H groups in total. The first-order valence-electron chi connectivity index (χ1n) is 11.9. The molecule has 0 aliphatic heterocycles. The number of carbonyl (C=O) groups is 1. The SMILES string of the molecule is COC(=O)CC(c1c(O)cc(C)n(CCc2c[nH]c3ccccc23)c1=O)c1ccnc2ccccc12. The molecule has 0 radical (unpaired) electrons. The number of para-hydroxylation sites is 2. The van der Waals surface area contributed by atoms with E-state index in [1.54, 1.807) is 29.8 Å². The highest BCUT2D eigenvalue weighted by Crippen LogP contribution is 2.35. The van der Waals surface area contributed by atoms with E-state index in [9.17, 15) is 14.7 Å². The number of pyridine rings is 2. The van der Waals surface area contributed by atoms with Gasteiger partial charge in [0.15, 0.2) is 0 Å². The first-order chi connectivity index (χ1) is 17.5. The predicted molar refractivity (Wildman–Crippen MR) is 139 cm³/mol. The van der Waals surface area contributed by atoms with Gasteiger partial charge in [-0.25, -0.2) is 0 Å². The van der Waals surface area contributed by atoms with Crippen molar-refractivity contribution in [2.45, 2.75) is 32.2 Å². The topological polar surface area (TPSA) is 97.2 Å². The van der Waals surface area contributed by atoms with Crippen LogP contribution in [0.25, 0.3) is 21.8 Å². The predicted octanol–water partition coefficient (Wildman–Crippen LogP) is 4.83. The minimum absolute atomic E-state index is 0.0845. The molecule has 0 fully saturated rings. The highest BCUT2D eigenvalue weighted by Gasteiger charge is 2.28. The van der Waals surface area contributed by atoms with Gasteiger partial charge in [0.2, 0.25) is 0 Å². The Hall–Kier alpha value is -4.39. The molecule has 0 saturated heterocycles. The van der Waals surface area contributed by atoms with Crippen LogP contribution in [0, 0.1) is 6.92 Å². The van der Waals surface area contributed by atoms with Crippen LogP contribution < -0.4 is 5.56 Å². The average Bonchev–Trinajstić information content (AvgIpc) is 3.30. The number of hydrogen-bond acceptors (Lipinski definition) is 5. The number of ether oxygens (including phenoxy) is 1. The molecular formula is C29H27N3O4. The van der Waals surface area contributed by atoms with Crippen molar-refractivity contribution < 1.29 is 14.6 Å². The monoisotopic (exact) mass is 481 g/mol. The van der Waals surface area contributed by atoms with Crippen molar-refractivity contribution >= 4 is 27.8 Å². The van der Waals surface area contributed by atoms with Gasteiger partial charge < -0.3 is 19.4 Å². The number of esters is 1. The summed E-state index contributed by atoms with van der Waals surface area (Å²) < 4.78 is 6.63. The van der Waals surface area contributed by atoms with Gasteiger partial charge in [0.25, 0.3) is 5.56 Å². The van der Waals surface area contributed by atoms with Crippen LogP contribution in [-0.2, 0) is 22.5 Å². The third-order valence-electron chi connectivity index (χ3n) is 6.81. The van der Waals surface area contributed by atoms with E-state index in [1.165, 1.54) is 7.11 Å². The summed E-state index contributed by atoms with van der Waals surface area (Å²) >= 11 is 0. The fourth-order valence-corrected chi connectivity index (χ4v) is 4.98. The highest BCUT2D eigenvalue weighted by atomic mass is 16.5. The van der Waals surface area contributed by atoms with Gasteiger partial charge in [-0.15, -0.1) is 0 Å². The van der Waals surface area contributed by atoms with E-state index in [4.69, 9.17) is 4.74 Å². The van der Waals surface area contributed by atoms with Gasteiger partial charge in [-0.1, -0.05) is 36.4 Å². The number of aromatic amines is 1. The molecule has 7 heteroatoms. The number of methoxy groups -OCH3 is 1. The Morgan fingerprint density at radius 3 is 2.67 bits per heavy atom. The molecule has 0 bridgehead atoms. The largest absolute Gasteiger partial charge is 0.507 e. The van der Waals surface area contributed by atoms with Crippen molar-refractivity contribution in [3.63, 3.8) is 0 Å². The first kappa shape index (κ1) is 23.4. The number of rotatable bonds is 7. The molecule has 5 rings (SSSR count). The molecule has 7 nitrogen and oxygen atoms in total. The van der Waals surface area contributed by atoms with Crippen molar-refractivity contribution in [2.24, 2.45) is 0 Å². The quantitative estimate of drug-likeness (QED) is 0.325. The van der Waals surface area contributed by atoms with Crippen molar-refractivity contribution in [2.75, 3.05) is 7.11 Å². The maximum atomic E-state index is 13.9. The molecule has 1 atom stereocenters. The molecule has 0 aliphatic rings. The molecule has 2 aromatic carbocycles. The number of aryl methyl sites for hydroxylation is 2. The zero-order chi connectivity index (χ0) is 25.2. The molecule has 3 aromatic heterocycles. The first-order valence-corrected chi connectivity index (χ1v) is 11.9. The van der Waals surface area contributed by atoms with Crippen molar-refractivity contribution in [1.29, 1.82) is 0 Å². The molecule has 0 saturated carbocycles. The summed E-state index contributed by atoms with van der Waals surface area (Å²) in [6, 6.07) is 19.0. The molecule has 0 aliphatic carbocycles. The minimum Gasteiger partial charge on any atom is -0.507 e. The number of aromatic hydroxyl groups is 1. The maximum Gasteiger partial charge on any atom is 0.306 e. The Balaban J connectivity index is 1.60. The van der Waals surface area contributed by atoms with Crippen molar-refractivity contribution in [3.8, 4) is 5.75 Å². The lowest BCUT2D eigenvalue weighted by molar-refractivity contribution is -0.140. The fourth-order valence-electron chi connectivity index (χ4n) is 4.98. The second-order valence-corrected chi connectivity index (χ2v) is 8.90. The summed E-state index contributed by atoms with van der Waals surface area (Å²) in [4.78, 5) is 34.0. The lowest BCUT2D eigenvalue weighted by atomic mass is 9.86. The number of aromatic nitrogens is 3. The molecule has 3 heterocycles. The minimum atomic E-state index is -0.696. The number of fused-ring (bicyclic) bond motifs is 2. The Morgan fingerprint density at radius 1 is 1.11 bits per heavy atom. The number of nitrogens with zero attached hydrogens (tertiary/aromatic N) is 2. The standard InChI is InChI=1S/C29H27N3O4/c1-18-15-26(33)28(29(35)32(18)14-12-19-17-31-24-9-5-3-7-20(19)24)23(16-27(34)36-2)21-11-13-30-25-10-6-4-8-22(21)25/h3-11,13,15,17,23,31,33H,12,14,16H2,1-2H3. The molecule has 0 spiro atoms. The van der Waals surface area contributed by atoms with Crippen LogP contribution in [0.15, 0.2) is 77.9 Å². The van der Waals surface area contributed by atoms with Crippen LogP contribution in [0.2, 0.25) is 0 Å². The van der Waals surface area contributed by atoms with Gasteiger partial charge in [-0.2, -0.15) is 0 Å². The summed E-state index contributed by atoms with van der Waals surface area (Å²) in [5, 5.41) is 12.9. The van der Waals surface area contributed by atoms with Crippen LogP contribution in [0.5, 0.6) is 5.75 Å². The van der Waals surface area contributed by atoms with Gasteiger partial charge >= 0.3 is 5.97 Å². The van der Waals surface area contributed by atoms with Gasteiger partial charge in [0, 0.05) is 46.8 Å². The number of H-pyrrole nitrogens is 1. The van der Waals surface area contributed by atoms with Crippen LogP contribution >= 0.6 is 0 Å². The highest BCUT2D eigenvalue weighted by molar-refractivity contribution is 5.84. The van der Waals surface area contributed by atoms with Gasteiger partial charge in [-0.3, -0.25) is 14.6 Å². The number of carbonyl (C=O) groups excluding carboxylic acids is 1. The zero-order valence-corrected chi connectivity index (χ0v) is 20.2. The second kappa shape index (κ2) is 9.70. The Kier molecular flexibility index (Phi) is 6.29. The molecule has 36 heavy (non-hydrogen) atoms. The fraction of sp³-hybridized carbons (Fsp3) is 0.207. The van der Waals surface area contributed by atoms with E-state index in [1.807, 2.05) is 48.7 Å². The second-order valence-electron chi connectivity index (χ2n) is 8.90. The van der Waals surface area contributed by atoms with Gasteiger partial charge in [0.1, 0.15) is 5.75 Å². The smallest absolute Gasteiger partial charge is 0.306 e. The van der Waals surface area contributed by atoms with E-state index in [0.29, 0.717) is 18.7 Å². The number of hydrogen-bond donors (Lipinski definition) is 2. The summed E-state index contributed by atoms with van der Waals surface area (Å²) in [7, 11) is 1.32. The molecule has 1 unspecified atom stereocenters. The summed E-state index contributed by atoms with van der Waals surface area (Å²) in [6.07, 6.45) is 4.17. The number of nitrogens with one attached hydrogen (secondary N) is 1. The van der Waals surface area contributed by atoms with E-state index in [-0.39, 0.29) is 23.3 Å². The molecular weight excluding hydrogens is 454 g/mol. The summed E-state index contributed by atoms with van der Waals surface area (Å²) in [5.41, 5.74) is 4.16. The molecule has 0 amide bonds. The van der Waals surface area contributed by atoms with Gasteiger partial charge in [-0.05, 0) is 48.7 Å². The maximum absolute atomic E-state index is 13.9. The number of benzene rings is 2. The third-order valence-corrected chi connectivity index (χ3v) is 6.81. The summed E-state index contributed by atoms with van der Waals surface area (Å²) in [6.45, 7) is 2.24. The van der Waals surface area contributed by atoms with E-state index >= 15 is 0 Å². The van der Waals surface area contributed by atoms with Crippen molar-refractivity contribution in [3.05, 3.63) is 106 Å². The Bertz CT molecular complexity index is 1630. The molecule has 5 aromatic rings. The van der Waals surface area contributed by atoms with Crippen LogP contribution in [-0.4, -0.2) is 32.7 Å². The summed E-state index contributed by atoms with van der Waals surface area (Å²) in [5.74, 6) is -1.29. The van der Waals surface area contributed by atoms with E-state index in [0.717, 1.165) is 32.9 Å². The normalized spacial score (nSPS) is 12.2. The average molecular weight is 482 g/mol. The van der Waals surface area contributed by atoms with Crippen LogP contribution in [0.4, 0.5) is 0 Å². The van der Waals surface area contributed by atoms with Crippen LogP contribution in [0.1, 0.15) is 34.7 Å². The Morgan fingerprint density at radius 2 is 1.86 bits per heavy atom. The van der Waals surface area contributed by atoms with Crippen molar-refractivity contribution in [1.82, 2.24) is 14.5 Å². The third kappa shape index (κ3) is 4.24. The van der Waals surface area contributed by atoms with E-state index < -0.39 is 11.9 Å². The zero-order valence-electron chi connectivity index (χ0n) is 20.2.